The molecular formula is C19H16FNO3. The Hall–Kier alpha value is -2.95. The van der Waals surface area contributed by atoms with Gasteiger partial charge in [0.25, 0.3) is 0 Å². The quantitative estimate of drug-likeness (QED) is 0.656. The Bertz CT molecular complexity index is 869. The number of hydrogen-bond donors (Lipinski definition) is 0. The molecule has 0 aliphatic carbocycles. The lowest BCUT2D eigenvalue weighted by Crippen LogP contribution is -2.06. The monoisotopic (exact) mass is 325 g/mol. The summed E-state index contributed by atoms with van der Waals surface area (Å²) >= 11 is 0. The first-order valence-electron chi connectivity index (χ1n) is 7.60. The van der Waals surface area contributed by atoms with Gasteiger partial charge < -0.3 is 9.15 Å². The molecule has 0 radical (unpaired) electrons. The molecule has 24 heavy (non-hydrogen) atoms. The van der Waals surface area contributed by atoms with Crippen LogP contribution in [0.5, 0.6) is 0 Å². The van der Waals surface area contributed by atoms with E-state index < -0.39 is 5.97 Å². The number of hydrogen-bond acceptors (Lipinski definition) is 4. The summed E-state index contributed by atoms with van der Waals surface area (Å²) in [4.78, 5) is 16.6. The van der Waals surface area contributed by atoms with Gasteiger partial charge >= 0.3 is 5.97 Å². The third-order valence-corrected chi connectivity index (χ3v) is 3.57. The zero-order valence-corrected chi connectivity index (χ0v) is 13.4. The first-order valence-corrected chi connectivity index (χ1v) is 7.60. The van der Waals surface area contributed by atoms with Crippen LogP contribution in [-0.4, -0.2) is 17.6 Å². The highest BCUT2D eigenvalue weighted by molar-refractivity contribution is 5.97. The van der Waals surface area contributed by atoms with Crippen molar-refractivity contribution in [1.82, 2.24) is 4.98 Å². The standard InChI is InChI=1S/C19H16FNO3/c1-3-23-19(22)16-7-5-4-6-15(16)17-12(2)24-18(21-17)13-8-10-14(20)11-9-13/h4-11H,3H2,1-2H3. The van der Waals surface area contributed by atoms with Crippen molar-refractivity contribution >= 4 is 5.97 Å². The van der Waals surface area contributed by atoms with Gasteiger partial charge in [-0.1, -0.05) is 18.2 Å². The number of esters is 1. The highest BCUT2D eigenvalue weighted by atomic mass is 19.1. The zero-order valence-electron chi connectivity index (χ0n) is 13.4. The topological polar surface area (TPSA) is 52.3 Å². The number of nitrogens with zero attached hydrogens (tertiary/aromatic N) is 1. The fourth-order valence-electron chi connectivity index (χ4n) is 2.44. The van der Waals surface area contributed by atoms with Gasteiger partial charge in [-0.15, -0.1) is 0 Å². The first-order chi connectivity index (χ1) is 11.6. The maximum absolute atomic E-state index is 13.1. The van der Waals surface area contributed by atoms with Crippen molar-refractivity contribution in [2.75, 3.05) is 6.61 Å². The second kappa shape index (κ2) is 6.66. The van der Waals surface area contributed by atoms with Gasteiger partial charge in [-0.3, -0.25) is 0 Å². The molecule has 0 N–H and O–H groups in total. The molecule has 3 rings (SSSR count). The Kier molecular flexibility index (Phi) is 4.42. The van der Waals surface area contributed by atoms with E-state index in [9.17, 15) is 9.18 Å². The number of ether oxygens (including phenoxy) is 1. The summed E-state index contributed by atoms with van der Waals surface area (Å²) in [6.07, 6.45) is 0. The van der Waals surface area contributed by atoms with Crippen LogP contribution in [0, 0.1) is 12.7 Å². The number of aromatic nitrogens is 1. The van der Waals surface area contributed by atoms with E-state index >= 15 is 0 Å². The predicted molar refractivity (Wildman–Crippen MR) is 88.0 cm³/mol. The SMILES string of the molecule is CCOC(=O)c1ccccc1-c1nc(-c2ccc(F)cc2)oc1C. The van der Waals surface area contributed by atoms with Crippen LogP contribution < -0.4 is 0 Å². The minimum atomic E-state index is -0.404. The van der Waals surface area contributed by atoms with Crippen LogP contribution in [0.4, 0.5) is 4.39 Å². The fraction of sp³-hybridized carbons (Fsp3) is 0.158. The average Bonchev–Trinajstić information content (AvgIpc) is 2.97. The van der Waals surface area contributed by atoms with Gasteiger partial charge in [0, 0.05) is 11.1 Å². The third kappa shape index (κ3) is 3.06. The molecule has 3 aromatic rings. The number of aryl methyl sites for hydroxylation is 1. The van der Waals surface area contributed by atoms with Gasteiger partial charge in [0.2, 0.25) is 5.89 Å². The van der Waals surface area contributed by atoms with Gasteiger partial charge in [-0.2, -0.15) is 0 Å². The summed E-state index contributed by atoms with van der Waals surface area (Å²) < 4.78 is 23.9. The molecule has 1 aromatic heterocycles. The minimum absolute atomic E-state index is 0.297. The van der Waals surface area contributed by atoms with Crippen molar-refractivity contribution in [2.45, 2.75) is 13.8 Å². The Morgan fingerprint density at radius 3 is 2.58 bits per heavy atom. The summed E-state index contributed by atoms with van der Waals surface area (Å²) in [7, 11) is 0. The molecule has 0 spiro atoms. The molecule has 5 heteroatoms. The molecule has 0 aliphatic heterocycles. The Morgan fingerprint density at radius 1 is 1.17 bits per heavy atom. The van der Waals surface area contributed by atoms with Crippen LogP contribution in [0.25, 0.3) is 22.7 Å². The van der Waals surface area contributed by atoms with Crippen LogP contribution in [0.3, 0.4) is 0 Å². The van der Waals surface area contributed by atoms with E-state index in [2.05, 4.69) is 4.98 Å². The maximum atomic E-state index is 13.1. The average molecular weight is 325 g/mol. The van der Waals surface area contributed by atoms with Crippen molar-refractivity contribution in [3.8, 4) is 22.7 Å². The van der Waals surface area contributed by atoms with Crippen molar-refractivity contribution in [2.24, 2.45) is 0 Å². The summed E-state index contributed by atoms with van der Waals surface area (Å²) in [6, 6.07) is 13.0. The molecule has 4 nitrogen and oxygen atoms in total. The van der Waals surface area contributed by atoms with Crippen molar-refractivity contribution in [1.29, 1.82) is 0 Å². The first kappa shape index (κ1) is 15.9. The van der Waals surface area contributed by atoms with Gasteiger partial charge in [0.1, 0.15) is 17.3 Å². The van der Waals surface area contributed by atoms with Gasteiger partial charge in [0.05, 0.1) is 12.2 Å². The van der Waals surface area contributed by atoms with E-state index in [1.807, 2.05) is 6.07 Å². The molecule has 0 saturated carbocycles. The lowest BCUT2D eigenvalue weighted by Gasteiger charge is -2.06. The Labute approximate surface area is 138 Å². The molecule has 0 atom stereocenters. The summed E-state index contributed by atoms with van der Waals surface area (Å²) in [5, 5.41) is 0. The van der Waals surface area contributed by atoms with Gasteiger partial charge in [0.15, 0.2) is 0 Å². The van der Waals surface area contributed by atoms with E-state index in [1.165, 1.54) is 12.1 Å². The van der Waals surface area contributed by atoms with E-state index in [4.69, 9.17) is 9.15 Å². The van der Waals surface area contributed by atoms with Crippen molar-refractivity contribution in [3.63, 3.8) is 0 Å². The largest absolute Gasteiger partial charge is 0.462 e. The van der Waals surface area contributed by atoms with Crippen LogP contribution in [0.2, 0.25) is 0 Å². The molecule has 0 bridgehead atoms. The van der Waals surface area contributed by atoms with Crippen molar-refractivity contribution < 1.29 is 18.3 Å². The number of oxazole rings is 1. The smallest absolute Gasteiger partial charge is 0.338 e. The molecule has 0 fully saturated rings. The summed E-state index contributed by atoms with van der Waals surface area (Å²) in [6.45, 7) is 3.83. The van der Waals surface area contributed by atoms with E-state index in [0.717, 1.165) is 0 Å². The maximum Gasteiger partial charge on any atom is 0.338 e. The van der Waals surface area contributed by atoms with E-state index in [0.29, 0.717) is 40.6 Å². The molecule has 2 aromatic carbocycles. The summed E-state index contributed by atoms with van der Waals surface area (Å²) in [5.74, 6) is 0.223. The van der Waals surface area contributed by atoms with Crippen LogP contribution in [0.15, 0.2) is 52.9 Å². The highest BCUT2D eigenvalue weighted by Gasteiger charge is 2.19. The molecule has 0 amide bonds. The van der Waals surface area contributed by atoms with Crippen LogP contribution in [-0.2, 0) is 4.74 Å². The molecule has 1 heterocycles. The molecular weight excluding hydrogens is 309 g/mol. The number of rotatable bonds is 4. The normalized spacial score (nSPS) is 10.6. The second-order valence-electron chi connectivity index (χ2n) is 5.20. The lowest BCUT2D eigenvalue weighted by molar-refractivity contribution is 0.0527. The molecule has 0 aliphatic rings. The lowest BCUT2D eigenvalue weighted by atomic mass is 10.0. The fourth-order valence-corrected chi connectivity index (χ4v) is 2.44. The minimum Gasteiger partial charge on any atom is -0.462 e. The van der Waals surface area contributed by atoms with Gasteiger partial charge in [-0.05, 0) is 44.2 Å². The van der Waals surface area contributed by atoms with Gasteiger partial charge in [-0.25, -0.2) is 14.2 Å². The number of carbonyl (C=O) groups is 1. The van der Waals surface area contributed by atoms with E-state index in [-0.39, 0.29) is 5.82 Å². The molecule has 0 saturated heterocycles. The van der Waals surface area contributed by atoms with Crippen LogP contribution >= 0.6 is 0 Å². The Balaban J connectivity index is 2.05. The zero-order chi connectivity index (χ0) is 17.1. The Morgan fingerprint density at radius 2 is 1.88 bits per heavy atom. The number of carbonyl (C=O) groups excluding carboxylic acids is 1. The van der Waals surface area contributed by atoms with Crippen molar-refractivity contribution in [3.05, 3.63) is 65.7 Å². The summed E-state index contributed by atoms with van der Waals surface area (Å²) in [5.41, 5.74) is 2.31. The van der Waals surface area contributed by atoms with Crippen LogP contribution in [0.1, 0.15) is 23.0 Å². The highest BCUT2D eigenvalue weighted by Crippen LogP contribution is 2.31. The van der Waals surface area contributed by atoms with E-state index in [1.54, 1.807) is 44.2 Å². The second-order valence-corrected chi connectivity index (χ2v) is 5.20. The number of halogens is 1. The third-order valence-electron chi connectivity index (χ3n) is 3.57. The predicted octanol–water partition coefficient (Wildman–Crippen LogP) is 4.63. The number of benzene rings is 2. The molecule has 122 valence electrons. The molecule has 0 unspecified atom stereocenters.